The number of carbonyl (C=O) groups excluding carboxylic acids is 5. The van der Waals surface area contributed by atoms with Crippen LogP contribution >= 0.6 is 21.6 Å². The summed E-state index contributed by atoms with van der Waals surface area (Å²) in [7, 11) is 2.63. The van der Waals surface area contributed by atoms with E-state index in [2.05, 4.69) is 21.3 Å². The Balaban J connectivity index is 1.18. The van der Waals surface area contributed by atoms with Crippen molar-refractivity contribution in [3.8, 4) is 0 Å². The van der Waals surface area contributed by atoms with E-state index in [1.807, 2.05) is 55.4 Å². The molecule has 0 radical (unpaired) electrons. The Morgan fingerprint density at radius 1 is 0.482 bits per heavy atom. The van der Waals surface area contributed by atoms with Crippen molar-refractivity contribution in [3.05, 3.63) is 0 Å². The number of ether oxygens (including phenoxy) is 4. The number of hydrogen-bond donors (Lipinski definition) is 4. The third-order valence-electron chi connectivity index (χ3n) is 12.7. The van der Waals surface area contributed by atoms with Crippen LogP contribution in [-0.2, 0) is 42.9 Å². The number of hydrogen-bond acceptors (Lipinski definition) is 15. The van der Waals surface area contributed by atoms with Crippen molar-refractivity contribution in [1.29, 1.82) is 0 Å². The van der Waals surface area contributed by atoms with E-state index in [1.54, 1.807) is 0 Å². The molecule has 4 aliphatic heterocycles. The monoisotopic (exact) mass is 826 g/mol. The van der Waals surface area contributed by atoms with Gasteiger partial charge in [0.25, 0.3) is 0 Å². The van der Waals surface area contributed by atoms with Gasteiger partial charge in [-0.25, -0.2) is 4.79 Å². The van der Waals surface area contributed by atoms with Gasteiger partial charge in [0.2, 0.25) is 5.78 Å². The molecule has 13 nitrogen and oxygen atoms in total. The maximum absolute atomic E-state index is 13.0. The SMILES string of the molecule is CC(C)(OC(=O)CCC(=O)C(=O)OC(C)(C)C1CCNC(C2CC(C(C)(C)OC(=O)CSSCC(=O)OC(C)(C)C3CCNCC3)CCN2)C1)C1CCNCC1. The first-order valence-electron chi connectivity index (χ1n) is 20.8. The van der Waals surface area contributed by atoms with Crippen LogP contribution in [-0.4, -0.2) is 115 Å². The van der Waals surface area contributed by atoms with E-state index in [0.29, 0.717) is 5.92 Å². The van der Waals surface area contributed by atoms with Crippen LogP contribution in [0.4, 0.5) is 0 Å². The Kier molecular flexibility index (Phi) is 17.4. The lowest BCUT2D eigenvalue weighted by atomic mass is 9.74. The molecular formula is C41H70N4O9S2. The van der Waals surface area contributed by atoms with Crippen LogP contribution in [0.3, 0.4) is 0 Å². The van der Waals surface area contributed by atoms with Crippen LogP contribution in [0.25, 0.3) is 0 Å². The van der Waals surface area contributed by atoms with Gasteiger partial charge in [0.1, 0.15) is 33.9 Å². The molecule has 0 aromatic carbocycles. The number of Topliss-reactive ketones (excluding diaryl/α,β-unsaturated/α-hetero) is 1. The van der Waals surface area contributed by atoms with Gasteiger partial charge in [-0.15, -0.1) is 0 Å². The summed E-state index contributed by atoms with van der Waals surface area (Å²) >= 11 is 0. The normalized spacial score (nSPS) is 24.9. The molecule has 0 saturated carbocycles. The van der Waals surface area contributed by atoms with E-state index in [9.17, 15) is 24.0 Å². The van der Waals surface area contributed by atoms with Gasteiger partial charge in [-0.2, -0.15) is 0 Å². The summed E-state index contributed by atoms with van der Waals surface area (Å²) in [5.41, 5.74) is -2.71. The largest absolute Gasteiger partial charge is 0.459 e. The molecule has 4 saturated heterocycles. The van der Waals surface area contributed by atoms with Crippen LogP contribution in [0.5, 0.6) is 0 Å². The number of piperidine rings is 4. The fraction of sp³-hybridized carbons (Fsp3) is 0.878. The van der Waals surface area contributed by atoms with E-state index >= 15 is 0 Å². The Morgan fingerprint density at radius 3 is 1.27 bits per heavy atom. The molecule has 4 aliphatic rings. The third-order valence-corrected chi connectivity index (χ3v) is 14.8. The maximum atomic E-state index is 13.0. The van der Waals surface area contributed by atoms with Crippen molar-refractivity contribution >= 4 is 51.2 Å². The highest BCUT2D eigenvalue weighted by Gasteiger charge is 2.44. The number of carbonyl (C=O) groups is 5. The minimum atomic E-state index is -0.914. The molecular weight excluding hydrogens is 757 g/mol. The zero-order valence-corrected chi connectivity index (χ0v) is 36.8. The molecule has 0 amide bonds. The molecule has 4 N–H and O–H groups in total. The lowest BCUT2D eigenvalue weighted by Gasteiger charge is -2.46. The first kappa shape index (κ1) is 46.8. The molecule has 56 heavy (non-hydrogen) atoms. The van der Waals surface area contributed by atoms with Gasteiger partial charge in [-0.3, -0.25) is 19.2 Å². The predicted molar refractivity (Wildman–Crippen MR) is 220 cm³/mol. The lowest BCUT2D eigenvalue weighted by Crippen LogP contribution is -2.58. The number of nitrogens with one attached hydrogen (secondary N) is 4. The Bertz CT molecular complexity index is 1350. The minimum Gasteiger partial charge on any atom is -0.459 e. The highest BCUT2D eigenvalue weighted by molar-refractivity contribution is 8.77. The van der Waals surface area contributed by atoms with E-state index in [4.69, 9.17) is 18.9 Å². The topological polar surface area (TPSA) is 170 Å². The van der Waals surface area contributed by atoms with Crippen molar-refractivity contribution in [1.82, 2.24) is 21.3 Å². The molecule has 0 aliphatic carbocycles. The first-order chi connectivity index (χ1) is 26.3. The second-order valence-electron chi connectivity index (χ2n) is 18.3. The number of esters is 4. The van der Waals surface area contributed by atoms with Gasteiger partial charge < -0.3 is 40.2 Å². The number of ketones is 1. The standard InChI is InChI=1S/C41H70N4O9S2/c1-38(2,27-11-17-42-18-12-27)51-34(47)10-9-33(46)37(50)54-41(7,8)30-16-22-45-32(24-30)31-23-29(15-21-44-31)40(5,6)53-36(49)26-56-55-25-35(48)52-39(3,4)28-13-19-43-20-14-28/h27-32,42-45H,9-26H2,1-8H3. The van der Waals surface area contributed by atoms with E-state index in [0.717, 1.165) is 90.6 Å². The van der Waals surface area contributed by atoms with Gasteiger partial charge >= 0.3 is 23.9 Å². The van der Waals surface area contributed by atoms with E-state index < -0.39 is 40.1 Å². The molecule has 0 aromatic rings. The van der Waals surface area contributed by atoms with Crippen molar-refractivity contribution in [3.63, 3.8) is 0 Å². The molecule has 0 aromatic heterocycles. The van der Waals surface area contributed by atoms with Gasteiger partial charge in [-0.05, 0) is 146 Å². The van der Waals surface area contributed by atoms with Crippen molar-refractivity contribution < 1.29 is 42.9 Å². The zero-order valence-electron chi connectivity index (χ0n) is 35.2. The second kappa shape index (κ2) is 20.9. The van der Waals surface area contributed by atoms with E-state index in [-0.39, 0.29) is 66.1 Å². The molecule has 4 rings (SSSR count). The summed E-state index contributed by atoms with van der Waals surface area (Å²) in [5, 5.41) is 14.0. The Labute approximate surface area is 342 Å². The molecule has 0 spiro atoms. The van der Waals surface area contributed by atoms with Crippen molar-refractivity contribution in [2.24, 2.45) is 23.7 Å². The van der Waals surface area contributed by atoms with Crippen LogP contribution in [0.2, 0.25) is 0 Å². The zero-order chi connectivity index (χ0) is 41.1. The molecule has 4 fully saturated rings. The average Bonchev–Trinajstić information content (AvgIpc) is 3.15. The fourth-order valence-electron chi connectivity index (χ4n) is 8.93. The summed E-state index contributed by atoms with van der Waals surface area (Å²) in [5.74, 6) is -1.67. The van der Waals surface area contributed by atoms with E-state index in [1.165, 1.54) is 21.6 Å². The van der Waals surface area contributed by atoms with Crippen molar-refractivity contribution in [2.75, 3.05) is 50.8 Å². The average molecular weight is 827 g/mol. The lowest BCUT2D eigenvalue weighted by molar-refractivity contribution is -0.170. The molecule has 4 unspecified atom stereocenters. The third kappa shape index (κ3) is 14.1. The first-order valence-corrected chi connectivity index (χ1v) is 23.3. The summed E-state index contributed by atoms with van der Waals surface area (Å²) < 4.78 is 23.4. The summed E-state index contributed by atoms with van der Waals surface area (Å²) in [6.45, 7) is 20.6. The molecule has 0 bridgehead atoms. The highest BCUT2D eigenvalue weighted by Crippen LogP contribution is 2.37. The van der Waals surface area contributed by atoms with Crippen LogP contribution in [0, 0.1) is 23.7 Å². The highest BCUT2D eigenvalue weighted by atomic mass is 33.1. The summed E-state index contributed by atoms with van der Waals surface area (Å²) in [4.78, 5) is 63.9. The van der Waals surface area contributed by atoms with Gasteiger partial charge in [-0.1, -0.05) is 21.6 Å². The van der Waals surface area contributed by atoms with Crippen LogP contribution < -0.4 is 21.3 Å². The van der Waals surface area contributed by atoms with Gasteiger partial charge in [0.15, 0.2) is 0 Å². The molecule has 4 heterocycles. The maximum Gasteiger partial charge on any atom is 0.375 e. The fourth-order valence-corrected chi connectivity index (χ4v) is 10.5. The van der Waals surface area contributed by atoms with Crippen molar-refractivity contribution in [2.45, 2.75) is 154 Å². The molecule has 320 valence electrons. The Morgan fingerprint density at radius 2 is 0.839 bits per heavy atom. The summed E-state index contributed by atoms with van der Waals surface area (Å²) in [6, 6.07) is 0.217. The van der Waals surface area contributed by atoms with Crippen LogP contribution in [0.15, 0.2) is 0 Å². The quantitative estimate of drug-likeness (QED) is 0.0491. The van der Waals surface area contributed by atoms with Crippen LogP contribution in [0.1, 0.15) is 120 Å². The smallest absolute Gasteiger partial charge is 0.375 e. The number of rotatable bonds is 18. The second-order valence-corrected chi connectivity index (χ2v) is 20.7. The van der Waals surface area contributed by atoms with Gasteiger partial charge in [0.05, 0.1) is 6.42 Å². The minimum absolute atomic E-state index is 0.0108. The Hall–Kier alpha value is -1.91. The molecule has 15 heteroatoms. The summed E-state index contributed by atoms with van der Waals surface area (Å²) in [6.07, 6.45) is 6.58. The molecule has 4 atom stereocenters. The predicted octanol–water partition coefficient (Wildman–Crippen LogP) is 4.74. The van der Waals surface area contributed by atoms with Gasteiger partial charge in [0, 0.05) is 42.2 Å².